The molecule has 0 aliphatic carbocycles. The van der Waals surface area contributed by atoms with Gasteiger partial charge < -0.3 is 16.0 Å². The Morgan fingerprint density at radius 2 is 1.76 bits per heavy atom. The second-order valence-corrected chi connectivity index (χ2v) is 10.8. The molecule has 2 aromatic rings. The van der Waals surface area contributed by atoms with Crippen molar-refractivity contribution in [1.29, 1.82) is 0 Å². The van der Waals surface area contributed by atoms with Crippen molar-refractivity contribution in [3.8, 4) is 0 Å². The lowest BCUT2D eigenvalue weighted by atomic mass is 10.0. The Hall–Kier alpha value is -2.95. The summed E-state index contributed by atoms with van der Waals surface area (Å²) in [6.45, 7) is 3.08. The van der Waals surface area contributed by atoms with E-state index in [-0.39, 0.29) is 29.4 Å². The standard InChI is InChI=1S/C24H33N5O4S/c1-18-12-13-20(15-22(18)34(32,33)28(2)3)26-23(30)17-29-14-8-7-11-21(29)16-25-24(31)27-19-9-5-4-6-10-19/h4-6,9-10,12-13,15,21H,7-8,11,14,16-17H2,1-3H3,(H,26,30)(H2,25,27,31). The number of urea groups is 1. The first-order chi connectivity index (χ1) is 16.2. The summed E-state index contributed by atoms with van der Waals surface area (Å²) in [5.74, 6) is -0.224. The van der Waals surface area contributed by atoms with Gasteiger partial charge in [0.1, 0.15) is 0 Å². The molecule has 0 saturated carbocycles. The molecule has 1 aliphatic heterocycles. The highest BCUT2D eigenvalue weighted by atomic mass is 32.2. The van der Waals surface area contributed by atoms with Crippen LogP contribution in [0.1, 0.15) is 24.8 Å². The van der Waals surface area contributed by atoms with E-state index >= 15 is 0 Å². The molecule has 1 saturated heterocycles. The van der Waals surface area contributed by atoms with E-state index in [1.165, 1.54) is 20.2 Å². The van der Waals surface area contributed by atoms with E-state index < -0.39 is 10.0 Å². The SMILES string of the molecule is Cc1ccc(NC(=O)CN2CCCCC2CNC(=O)Nc2ccccc2)cc1S(=O)(=O)N(C)C. The monoisotopic (exact) mass is 487 g/mol. The van der Waals surface area contributed by atoms with Crippen molar-refractivity contribution in [1.82, 2.24) is 14.5 Å². The fourth-order valence-corrected chi connectivity index (χ4v) is 5.09. The smallest absolute Gasteiger partial charge is 0.319 e. The average Bonchev–Trinajstić information content (AvgIpc) is 2.80. The predicted molar refractivity (Wildman–Crippen MR) is 133 cm³/mol. The Morgan fingerprint density at radius 1 is 1.03 bits per heavy atom. The van der Waals surface area contributed by atoms with Gasteiger partial charge in [-0.1, -0.05) is 30.7 Å². The number of piperidine rings is 1. The highest BCUT2D eigenvalue weighted by molar-refractivity contribution is 7.89. The number of carbonyl (C=O) groups is 2. The normalized spacial score (nSPS) is 16.8. The van der Waals surface area contributed by atoms with E-state index in [1.807, 2.05) is 30.3 Å². The lowest BCUT2D eigenvalue weighted by Crippen LogP contribution is -2.49. The summed E-state index contributed by atoms with van der Waals surface area (Å²) in [4.78, 5) is 27.2. The number of benzene rings is 2. The van der Waals surface area contributed by atoms with E-state index in [0.717, 1.165) is 30.1 Å². The molecule has 0 aromatic heterocycles. The molecule has 184 valence electrons. The largest absolute Gasteiger partial charge is 0.336 e. The van der Waals surface area contributed by atoms with Crippen LogP contribution >= 0.6 is 0 Å². The quantitative estimate of drug-likeness (QED) is 0.530. The maximum atomic E-state index is 12.8. The molecule has 1 aliphatic rings. The van der Waals surface area contributed by atoms with Gasteiger partial charge in [0.15, 0.2) is 0 Å². The van der Waals surface area contributed by atoms with Crippen molar-refractivity contribution in [2.24, 2.45) is 0 Å². The van der Waals surface area contributed by atoms with Crippen LogP contribution in [0.2, 0.25) is 0 Å². The van der Waals surface area contributed by atoms with Crippen LogP contribution in [0.15, 0.2) is 53.4 Å². The minimum absolute atomic E-state index is 0.0451. The molecule has 0 spiro atoms. The zero-order chi connectivity index (χ0) is 24.7. The molecule has 9 nitrogen and oxygen atoms in total. The Labute approximate surface area is 201 Å². The number of amides is 3. The van der Waals surface area contributed by atoms with Crippen molar-refractivity contribution in [2.75, 3.05) is 44.4 Å². The summed E-state index contributed by atoms with van der Waals surface area (Å²) < 4.78 is 26.3. The van der Waals surface area contributed by atoms with Crippen LogP contribution in [-0.4, -0.2) is 69.3 Å². The third-order valence-electron chi connectivity index (χ3n) is 5.86. The molecule has 1 fully saturated rings. The van der Waals surface area contributed by atoms with Gasteiger partial charge in [-0.2, -0.15) is 0 Å². The minimum atomic E-state index is -3.61. The Morgan fingerprint density at radius 3 is 2.47 bits per heavy atom. The third-order valence-corrected chi connectivity index (χ3v) is 7.81. The molecule has 1 heterocycles. The van der Waals surface area contributed by atoms with Crippen LogP contribution in [-0.2, 0) is 14.8 Å². The summed E-state index contributed by atoms with van der Waals surface area (Å²) in [6.07, 6.45) is 2.90. The van der Waals surface area contributed by atoms with E-state index in [9.17, 15) is 18.0 Å². The van der Waals surface area contributed by atoms with Gasteiger partial charge in [0.25, 0.3) is 0 Å². The predicted octanol–water partition coefficient (Wildman–Crippen LogP) is 2.86. The van der Waals surface area contributed by atoms with Crippen LogP contribution in [0.5, 0.6) is 0 Å². The Kier molecular flexibility index (Phi) is 8.65. The van der Waals surface area contributed by atoms with E-state index in [2.05, 4.69) is 20.9 Å². The number of para-hydroxylation sites is 1. The number of carbonyl (C=O) groups excluding carboxylic acids is 2. The summed E-state index contributed by atoms with van der Waals surface area (Å²) in [5, 5.41) is 8.52. The van der Waals surface area contributed by atoms with Crippen molar-refractivity contribution in [2.45, 2.75) is 37.1 Å². The highest BCUT2D eigenvalue weighted by Gasteiger charge is 2.25. The van der Waals surface area contributed by atoms with Gasteiger partial charge in [-0.15, -0.1) is 0 Å². The first-order valence-electron chi connectivity index (χ1n) is 11.3. The van der Waals surface area contributed by atoms with E-state index in [4.69, 9.17) is 0 Å². The molecular weight excluding hydrogens is 454 g/mol. The van der Waals surface area contributed by atoms with Gasteiger partial charge in [0, 0.05) is 38.1 Å². The fourth-order valence-electron chi connectivity index (χ4n) is 3.94. The van der Waals surface area contributed by atoms with Crippen molar-refractivity contribution in [3.63, 3.8) is 0 Å². The number of hydrogen-bond acceptors (Lipinski definition) is 5. The first kappa shape index (κ1) is 25.7. The molecule has 3 rings (SSSR count). The van der Waals surface area contributed by atoms with Crippen molar-refractivity contribution >= 4 is 33.3 Å². The van der Waals surface area contributed by atoms with Crippen molar-refractivity contribution < 1.29 is 18.0 Å². The number of aryl methyl sites for hydroxylation is 1. The van der Waals surface area contributed by atoms with Crippen LogP contribution in [0.25, 0.3) is 0 Å². The highest BCUT2D eigenvalue weighted by Crippen LogP contribution is 2.23. The zero-order valence-corrected chi connectivity index (χ0v) is 20.7. The molecule has 34 heavy (non-hydrogen) atoms. The number of hydrogen-bond donors (Lipinski definition) is 3. The van der Waals surface area contributed by atoms with Crippen LogP contribution in [0, 0.1) is 6.92 Å². The summed E-state index contributed by atoms with van der Waals surface area (Å²) >= 11 is 0. The number of anilines is 2. The molecule has 0 radical (unpaired) electrons. The molecule has 3 N–H and O–H groups in total. The molecule has 1 unspecified atom stereocenters. The summed E-state index contributed by atoms with van der Waals surface area (Å²) in [6, 6.07) is 13.9. The van der Waals surface area contributed by atoms with Gasteiger partial charge in [-0.05, 0) is 56.1 Å². The summed E-state index contributed by atoms with van der Waals surface area (Å²) in [5.41, 5.74) is 1.77. The maximum Gasteiger partial charge on any atom is 0.319 e. The maximum absolute atomic E-state index is 12.8. The third kappa shape index (κ3) is 6.78. The topological polar surface area (TPSA) is 111 Å². The molecule has 2 aromatic carbocycles. The van der Waals surface area contributed by atoms with Gasteiger partial charge in [-0.25, -0.2) is 17.5 Å². The van der Waals surface area contributed by atoms with E-state index in [1.54, 1.807) is 19.1 Å². The molecule has 3 amide bonds. The fraction of sp³-hybridized carbons (Fsp3) is 0.417. The molecule has 0 bridgehead atoms. The van der Waals surface area contributed by atoms with Gasteiger partial charge in [-0.3, -0.25) is 9.69 Å². The Balaban J connectivity index is 1.58. The number of nitrogens with zero attached hydrogens (tertiary/aromatic N) is 2. The molecular formula is C24H33N5O4S. The Bertz CT molecular complexity index is 1110. The second kappa shape index (κ2) is 11.5. The van der Waals surface area contributed by atoms with E-state index in [0.29, 0.717) is 23.5 Å². The lowest BCUT2D eigenvalue weighted by molar-refractivity contribution is -0.118. The number of nitrogens with one attached hydrogen (secondary N) is 3. The number of sulfonamides is 1. The molecule has 10 heteroatoms. The summed E-state index contributed by atoms with van der Waals surface area (Å²) in [7, 11) is -0.661. The zero-order valence-electron chi connectivity index (χ0n) is 19.9. The van der Waals surface area contributed by atoms with Crippen molar-refractivity contribution in [3.05, 3.63) is 54.1 Å². The first-order valence-corrected chi connectivity index (χ1v) is 12.8. The minimum Gasteiger partial charge on any atom is -0.336 e. The van der Waals surface area contributed by atoms with Crippen LogP contribution in [0.3, 0.4) is 0 Å². The van der Waals surface area contributed by atoms with Gasteiger partial charge >= 0.3 is 6.03 Å². The van der Waals surface area contributed by atoms with Gasteiger partial charge in [0.2, 0.25) is 15.9 Å². The van der Waals surface area contributed by atoms with Gasteiger partial charge in [0.05, 0.1) is 11.4 Å². The lowest BCUT2D eigenvalue weighted by Gasteiger charge is -2.35. The van der Waals surface area contributed by atoms with Crippen LogP contribution < -0.4 is 16.0 Å². The van der Waals surface area contributed by atoms with Crippen LogP contribution in [0.4, 0.5) is 16.2 Å². The molecule has 1 atom stereocenters. The number of rotatable bonds is 8. The second-order valence-electron chi connectivity index (χ2n) is 8.64. The number of likely N-dealkylation sites (tertiary alicyclic amines) is 1. The average molecular weight is 488 g/mol.